The van der Waals surface area contributed by atoms with E-state index in [1.54, 1.807) is 18.2 Å². The summed E-state index contributed by atoms with van der Waals surface area (Å²) in [4.78, 5) is 28.6. The van der Waals surface area contributed by atoms with Gasteiger partial charge in [0.1, 0.15) is 37.7 Å². The first-order valence-corrected chi connectivity index (χ1v) is 10.2. The molecule has 9 heteroatoms. The minimum Gasteiger partial charge on any atom is -1.00 e. The van der Waals surface area contributed by atoms with E-state index in [1.807, 2.05) is 0 Å². The van der Waals surface area contributed by atoms with Crippen molar-refractivity contribution in [1.29, 1.82) is 0 Å². The molecule has 0 fully saturated rings. The van der Waals surface area contributed by atoms with Gasteiger partial charge in [-0.05, 0) is 39.8 Å². The molecule has 0 unspecified atom stereocenters. The van der Waals surface area contributed by atoms with Gasteiger partial charge < -0.3 is 66.4 Å². The van der Waals surface area contributed by atoms with E-state index in [4.69, 9.17) is 9.47 Å². The van der Waals surface area contributed by atoms with Crippen molar-refractivity contribution < 1.29 is 76.0 Å². The quantitative estimate of drug-likeness (QED) is 0.133. The van der Waals surface area contributed by atoms with Crippen molar-refractivity contribution in [2.45, 2.75) is 27.7 Å². The van der Waals surface area contributed by atoms with Crippen LogP contribution in [0, 0.1) is 0 Å². The number of likely N-dealkylation sites (N-methyl/N-ethyl adjacent to an activating group) is 2. The van der Waals surface area contributed by atoms with E-state index < -0.39 is 11.9 Å². The van der Waals surface area contributed by atoms with E-state index in [0.29, 0.717) is 13.2 Å². The minimum absolute atomic E-state index is 0. The molecular formula is C21H37I2N3O4. The molecule has 0 amide bonds. The first kappa shape index (κ1) is 31.7. The fraction of sp³-hybridized carbons (Fsp3) is 0.667. The molecule has 1 heterocycles. The molecule has 7 nitrogen and oxygen atoms in total. The maximum absolute atomic E-state index is 12.3. The molecule has 0 aliphatic carbocycles. The maximum Gasteiger partial charge on any atom is 0.357 e. The Kier molecular flexibility index (Phi) is 16.1. The number of esters is 2. The van der Waals surface area contributed by atoms with Crippen LogP contribution in [0.25, 0.3) is 0 Å². The number of hydrogen-bond donors (Lipinski definition) is 0. The van der Waals surface area contributed by atoms with Crippen molar-refractivity contribution in [3.8, 4) is 0 Å². The predicted octanol–water partition coefficient (Wildman–Crippen LogP) is -3.62. The third-order valence-electron chi connectivity index (χ3n) is 5.95. The second-order valence-corrected chi connectivity index (χ2v) is 7.63. The SMILES string of the molecule is CC[N+](C)(CC)CCOC(=O)c1cccc(C(=O)OCC[N+](C)(CC)CC)n1.[I-].[I-]. The van der Waals surface area contributed by atoms with Gasteiger partial charge in [-0.25, -0.2) is 14.6 Å². The van der Waals surface area contributed by atoms with Crippen molar-refractivity contribution in [2.24, 2.45) is 0 Å². The van der Waals surface area contributed by atoms with Crippen LogP contribution in [-0.4, -0.2) is 92.5 Å². The molecule has 1 aromatic rings. The molecule has 0 spiro atoms. The summed E-state index contributed by atoms with van der Waals surface area (Å²) in [7, 11) is 4.26. The number of pyridine rings is 1. The van der Waals surface area contributed by atoms with E-state index in [-0.39, 0.29) is 59.3 Å². The Morgan fingerprint density at radius 3 is 1.40 bits per heavy atom. The molecule has 0 radical (unpaired) electrons. The lowest BCUT2D eigenvalue weighted by Gasteiger charge is -2.31. The van der Waals surface area contributed by atoms with Crippen molar-refractivity contribution in [3.63, 3.8) is 0 Å². The van der Waals surface area contributed by atoms with E-state index in [2.05, 4.69) is 46.8 Å². The van der Waals surface area contributed by atoms with Gasteiger partial charge in [0, 0.05) is 0 Å². The zero-order valence-electron chi connectivity index (χ0n) is 19.1. The molecule has 0 aliphatic rings. The highest BCUT2D eigenvalue weighted by atomic mass is 127. The predicted molar refractivity (Wildman–Crippen MR) is 109 cm³/mol. The van der Waals surface area contributed by atoms with E-state index in [9.17, 15) is 9.59 Å². The van der Waals surface area contributed by atoms with Gasteiger partial charge in [-0.2, -0.15) is 0 Å². The van der Waals surface area contributed by atoms with Gasteiger partial charge in [-0.15, -0.1) is 0 Å². The lowest BCUT2D eigenvalue weighted by Crippen LogP contribution is -3.00. The van der Waals surface area contributed by atoms with Crippen LogP contribution in [0.3, 0.4) is 0 Å². The zero-order chi connectivity index (χ0) is 21.2. The number of aromatic nitrogens is 1. The molecule has 0 atom stereocenters. The van der Waals surface area contributed by atoms with Crippen LogP contribution < -0.4 is 48.0 Å². The Morgan fingerprint density at radius 1 is 0.767 bits per heavy atom. The zero-order valence-corrected chi connectivity index (χ0v) is 23.4. The van der Waals surface area contributed by atoms with Crippen molar-refractivity contribution in [2.75, 3.05) is 66.6 Å². The first-order chi connectivity index (χ1) is 13.2. The Labute approximate surface area is 215 Å². The second-order valence-electron chi connectivity index (χ2n) is 7.63. The summed E-state index contributed by atoms with van der Waals surface area (Å²) < 4.78 is 12.4. The van der Waals surface area contributed by atoms with Crippen LogP contribution in [0.2, 0.25) is 0 Å². The van der Waals surface area contributed by atoms with Gasteiger partial charge in [0.05, 0.1) is 40.3 Å². The summed E-state index contributed by atoms with van der Waals surface area (Å²) in [6.45, 7) is 14.5. The van der Waals surface area contributed by atoms with Gasteiger partial charge in [0.25, 0.3) is 0 Å². The maximum atomic E-state index is 12.3. The number of nitrogens with zero attached hydrogens (tertiary/aromatic N) is 3. The normalized spacial score (nSPS) is 11.1. The Bertz CT molecular complexity index is 600. The number of ether oxygens (including phenoxy) is 2. The molecule has 30 heavy (non-hydrogen) atoms. The van der Waals surface area contributed by atoms with Crippen LogP contribution in [0.1, 0.15) is 48.7 Å². The third-order valence-corrected chi connectivity index (χ3v) is 5.95. The number of quaternary nitrogens is 2. The first-order valence-electron chi connectivity index (χ1n) is 10.2. The van der Waals surface area contributed by atoms with Gasteiger partial charge >= 0.3 is 11.9 Å². The number of hydrogen-bond acceptors (Lipinski definition) is 5. The summed E-state index contributed by atoms with van der Waals surface area (Å²) in [6, 6.07) is 4.72. The Balaban J connectivity index is 0. The molecule has 0 bridgehead atoms. The molecule has 174 valence electrons. The molecule has 1 aromatic heterocycles. The summed E-state index contributed by atoms with van der Waals surface area (Å²) in [6.07, 6.45) is 0. The van der Waals surface area contributed by atoms with Crippen LogP contribution in [0.5, 0.6) is 0 Å². The molecular weight excluding hydrogens is 612 g/mol. The summed E-state index contributed by atoms with van der Waals surface area (Å²) in [5, 5.41) is 0. The lowest BCUT2D eigenvalue weighted by molar-refractivity contribution is -0.906. The van der Waals surface area contributed by atoms with Crippen LogP contribution in [-0.2, 0) is 9.47 Å². The average molecular weight is 649 g/mol. The number of halogens is 2. The van der Waals surface area contributed by atoms with Gasteiger partial charge in [0.2, 0.25) is 0 Å². The molecule has 0 aliphatic heterocycles. The topological polar surface area (TPSA) is 65.5 Å². The molecule has 0 saturated carbocycles. The summed E-state index contributed by atoms with van der Waals surface area (Å²) >= 11 is 0. The van der Waals surface area contributed by atoms with E-state index in [0.717, 1.165) is 48.2 Å². The second kappa shape index (κ2) is 15.3. The van der Waals surface area contributed by atoms with Gasteiger partial charge in [-0.1, -0.05) is 6.07 Å². The highest BCUT2D eigenvalue weighted by molar-refractivity contribution is 5.91. The molecule has 0 aromatic carbocycles. The molecule has 0 N–H and O–H groups in total. The smallest absolute Gasteiger partial charge is 0.357 e. The standard InChI is InChI=1S/C21H37N3O4.2HI/c1-7-23(5,8-2)14-16-27-20(25)18-12-11-13-19(22-18)21(26)28-17-15-24(6,9-3)10-4;;/h11-13H,7-10,14-17H2,1-6H3;2*1H/q+2;;/p-2. The highest BCUT2D eigenvalue weighted by Gasteiger charge is 2.20. The van der Waals surface area contributed by atoms with Gasteiger partial charge in [0.15, 0.2) is 0 Å². The van der Waals surface area contributed by atoms with Crippen LogP contribution >= 0.6 is 0 Å². The number of carbonyl (C=O) groups excluding carboxylic acids is 2. The van der Waals surface area contributed by atoms with Crippen molar-refractivity contribution in [3.05, 3.63) is 29.6 Å². The largest absolute Gasteiger partial charge is 1.00 e. The number of rotatable bonds is 12. The third kappa shape index (κ3) is 10.2. The van der Waals surface area contributed by atoms with Gasteiger partial charge in [-0.3, -0.25) is 0 Å². The van der Waals surface area contributed by atoms with E-state index in [1.165, 1.54) is 0 Å². The lowest BCUT2D eigenvalue weighted by atomic mass is 10.3. The minimum atomic E-state index is -0.519. The fourth-order valence-corrected chi connectivity index (χ4v) is 2.61. The highest BCUT2D eigenvalue weighted by Crippen LogP contribution is 2.06. The summed E-state index contributed by atoms with van der Waals surface area (Å²) in [5.74, 6) is -1.04. The monoisotopic (exact) mass is 649 g/mol. The number of carbonyl (C=O) groups is 2. The fourth-order valence-electron chi connectivity index (χ4n) is 2.61. The molecule has 1 rings (SSSR count). The molecule has 0 saturated heterocycles. The Hall–Kier alpha value is -0.530. The Morgan fingerprint density at radius 2 is 1.10 bits per heavy atom. The average Bonchev–Trinajstić information content (AvgIpc) is 2.73. The summed E-state index contributed by atoms with van der Waals surface area (Å²) in [5.41, 5.74) is 0.249. The van der Waals surface area contributed by atoms with Crippen molar-refractivity contribution >= 4 is 11.9 Å². The van der Waals surface area contributed by atoms with Crippen molar-refractivity contribution in [1.82, 2.24) is 4.98 Å². The van der Waals surface area contributed by atoms with Crippen LogP contribution in [0.4, 0.5) is 0 Å². The van der Waals surface area contributed by atoms with E-state index >= 15 is 0 Å². The van der Waals surface area contributed by atoms with Crippen LogP contribution in [0.15, 0.2) is 18.2 Å².